The van der Waals surface area contributed by atoms with E-state index in [-0.39, 0.29) is 11.7 Å². The first kappa shape index (κ1) is 12.7. The predicted octanol–water partition coefficient (Wildman–Crippen LogP) is 2.74. The van der Waals surface area contributed by atoms with Crippen LogP contribution in [-0.4, -0.2) is 10.5 Å². The molecular formula is C13H9BrN2O4. The lowest BCUT2D eigenvalue weighted by atomic mass is 10.2. The normalized spacial score (nSPS) is 10.9. The van der Waals surface area contributed by atoms with Crippen LogP contribution in [0.15, 0.2) is 48.6 Å². The third kappa shape index (κ3) is 2.16. The molecule has 0 aliphatic heterocycles. The number of carbonyl (C=O) groups is 1. The Balaban J connectivity index is 1.91. The number of rotatable bonds is 2. The number of benzene rings is 1. The van der Waals surface area contributed by atoms with Gasteiger partial charge in [0, 0.05) is 18.8 Å². The largest absolute Gasteiger partial charge is 0.444 e. The maximum absolute atomic E-state index is 11.9. The summed E-state index contributed by atoms with van der Waals surface area (Å²) in [6, 6.07) is 8.17. The molecule has 0 aliphatic rings. The molecule has 2 aromatic heterocycles. The number of hydrogen-bond acceptors (Lipinski definition) is 4. The van der Waals surface area contributed by atoms with Crippen molar-refractivity contribution in [3.05, 3.63) is 51.3 Å². The van der Waals surface area contributed by atoms with Gasteiger partial charge in [0.05, 0.1) is 5.52 Å². The van der Waals surface area contributed by atoms with E-state index in [1.54, 1.807) is 37.4 Å². The Morgan fingerprint density at radius 2 is 2.05 bits per heavy atom. The van der Waals surface area contributed by atoms with Gasteiger partial charge < -0.3 is 14.2 Å². The summed E-state index contributed by atoms with van der Waals surface area (Å²) in [5.74, 6) is -0.641. The van der Waals surface area contributed by atoms with Crippen LogP contribution in [0.5, 0.6) is 0 Å². The maximum Gasteiger partial charge on any atom is 0.419 e. The molecule has 0 radical (unpaired) electrons. The molecule has 0 fully saturated rings. The van der Waals surface area contributed by atoms with Crippen molar-refractivity contribution < 1.29 is 13.6 Å². The van der Waals surface area contributed by atoms with Gasteiger partial charge >= 0.3 is 5.76 Å². The monoisotopic (exact) mass is 336 g/mol. The summed E-state index contributed by atoms with van der Waals surface area (Å²) in [7, 11) is 1.62. The first-order valence-corrected chi connectivity index (χ1v) is 6.50. The van der Waals surface area contributed by atoms with E-state index in [0.717, 1.165) is 0 Å². The van der Waals surface area contributed by atoms with Gasteiger partial charge in [-0.3, -0.25) is 9.36 Å². The lowest BCUT2D eigenvalue weighted by molar-refractivity contribution is 0.0995. The van der Waals surface area contributed by atoms with E-state index in [0.29, 0.717) is 21.5 Å². The number of hydrogen-bond donors (Lipinski definition) is 1. The van der Waals surface area contributed by atoms with Crippen molar-refractivity contribution in [3.63, 3.8) is 0 Å². The van der Waals surface area contributed by atoms with E-state index in [4.69, 9.17) is 8.83 Å². The van der Waals surface area contributed by atoms with Crippen LogP contribution >= 0.6 is 15.9 Å². The second-order valence-electron chi connectivity index (χ2n) is 4.17. The zero-order chi connectivity index (χ0) is 14.3. The average molecular weight is 337 g/mol. The highest BCUT2D eigenvalue weighted by molar-refractivity contribution is 9.10. The number of halogens is 1. The van der Waals surface area contributed by atoms with E-state index in [1.165, 1.54) is 4.57 Å². The second-order valence-corrected chi connectivity index (χ2v) is 4.95. The van der Waals surface area contributed by atoms with E-state index in [1.807, 2.05) is 0 Å². The molecule has 102 valence electrons. The third-order valence-electron chi connectivity index (χ3n) is 2.85. The number of aromatic nitrogens is 1. The molecule has 3 aromatic rings. The molecule has 2 heterocycles. The highest BCUT2D eigenvalue weighted by Gasteiger charge is 2.12. The number of nitrogens with zero attached hydrogens (tertiary/aromatic N) is 1. The van der Waals surface area contributed by atoms with Crippen molar-refractivity contribution in [2.75, 3.05) is 5.32 Å². The topological polar surface area (TPSA) is 77.4 Å². The quantitative estimate of drug-likeness (QED) is 0.780. The van der Waals surface area contributed by atoms with E-state index >= 15 is 0 Å². The number of fused-ring (bicyclic) bond motifs is 1. The molecule has 1 aromatic carbocycles. The second kappa shape index (κ2) is 4.68. The summed E-state index contributed by atoms with van der Waals surface area (Å²) in [5.41, 5.74) is 1.59. The summed E-state index contributed by atoms with van der Waals surface area (Å²) >= 11 is 3.13. The van der Waals surface area contributed by atoms with E-state index in [2.05, 4.69) is 21.2 Å². The van der Waals surface area contributed by atoms with Crippen LogP contribution in [0.2, 0.25) is 0 Å². The van der Waals surface area contributed by atoms with Gasteiger partial charge in [-0.15, -0.1) is 0 Å². The van der Waals surface area contributed by atoms with E-state index < -0.39 is 5.76 Å². The summed E-state index contributed by atoms with van der Waals surface area (Å²) < 4.78 is 12.1. The Hall–Kier alpha value is -2.28. The molecule has 0 atom stereocenters. The number of furan rings is 1. The van der Waals surface area contributed by atoms with Gasteiger partial charge in [0.1, 0.15) is 0 Å². The summed E-state index contributed by atoms with van der Waals surface area (Å²) in [5, 5.41) is 2.67. The Morgan fingerprint density at radius 3 is 2.75 bits per heavy atom. The maximum atomic E-state index is 11.9. The summed E-state index contributed by atoms with van der Waals surface area (Å²) in [6.07, 6.45) is 0. The number of aryl methyl sites for hydroxylation is 1. The Labute approximate surface area is 121 Å². The fraction of sp³-hybridized carbons (Fsp3) is 0.0769. The minimum Gasteiger partial charge on any atom is -0.444 e. The fourth-order valence-electron chi connectivity index (χ4n) is 1.84. The summed E-state index contributed by atoms with van der Waals surface area (Å²) in [4.78, 5) is 23.3. The molecule has 20 heavy (non-hydrogen) atoms. The van der Waals surface area contributed by atoms with Crippen LogP contribution in [0.25, 0.3) is 11.1 Å². The first-order chi connectivity index (χ1) is 9.54. The highest BCUT2D eigenvalue weighted by Crippen LogP contribution is 2.20. The Bertz CT molecular complexity index is 859. The van der Waals surface area contributed by atoms with Crippen LogP contribution in [0.3, 0.4) is 0 Å². The molecule has 0 saturated carbocycles. The minimum atomic E-state index is -0.446. The zero-order valence-electron chi connectivity index (χ0n) is 10.3. The molecule has 1 N–H and O–H groups in total. The molecule has 3 rings (SSSR count). The predicted molar refractivity (Wildman–Crippen MR) is 75.8 cm³/mol. The molecule has 7 heteroatoms. The first-order valence-electron chi connectivity index (χ1n) is 5.71. The summed E-state index contributed by atoms with van der Waals surface area (Å²) in [6.45, 7) is 0. The van der Waals surface area contributed by atoms with Crippen molar-refractivity contribution in [3.8, 4) is 0 Å². The Morgan fingerprint density at radius 1 is 1.25 bits per heavy atom. The van der Waals surface area contributed by atoms with Crippen LogP contribution in [0.1, 0.15) is 10.6 Å². The van der Waals surface area contributed by atoms with Crippen molar-refractivity contribution in [1.82, 2.24) is 4.57 Å². The van der Waals surface area contributed by atoms with Gasteiger partial charge in [-0.2, -0.15) is 0 Å². The SMILES string of the molecule is Cn1c(=O)oc2cc(NC(=O)c3ccc(Br)o3)ccc21. The van der Waals surface area contributed by atoms with Crippen LogP contribution in [0, 0.1) is 0 Å². The molecule has 1 amide bonds. The molecule has 0 unspecified atom stereocenters. The third-order valence-corrected chi connectivity index (χ3v) is 3.27. The van der Waals surface area contributed by atoms with Gasteiger partial charge in [-0.25, -0.2) is 4.79 Å². The standard InChI is InChI=1S/C13H9BrN2O4/c1-16-8-3-2-7(6-10(8)20-13(16)18)15-12(17)9-4-5-11(14)19-9/h2-6H,1H3,(H,15,17). The number of nitrogens with one attached hydrogen (secondary N) is 1. The molecular weight excluding hydrogens is 328 g/mol. The number of carbonyl (C=O) groups excluding carboxylic acids is 1. The van der Waals surface area contributed by atoms with Crippen molar-refractivity contribution in [2.45, 2.75) is 0 Å². The number of anilines is 1. The number of oxazole rings is 1. The molecule has 6 nitrogen and oxygen atoms in total. The average Bonchev–Trinajstić information content (AvgIpc) is 2.95. The van der Waals surface area contributed by atoms with Gasteiger partial charge in [-0.1, -0.05) is 0 Å². The number of amides is 1. The van der Waals surface area contributed by atoms with Crippen molar-refractivity contribution >= 4 is 38.6 Å². The van der Waals surface area contributed by atoms with Crippen LogP contribution in [-0.2, 0) is 7.05 Å². The lowest BCUT2D eigenvalue weighted by Crippen LogP contribution is -2.10. The van der Waals surface area contributed by atoms with Crippen molar-refractivity contribution in [1.29, 1.82) is 0 Å². The van der Waals surface area contributed by atoms with Crippen LogP contribution < -0.4 is 11.1 Å². The molecule has 0 spiro atoms. The van der Waals surface area contributed by atoms with Crippen molar-refractivity contribution in [2.24, 2.45) is 7.05 Å². The molecule has 0 bridgehead atoms. The lowest BCUT2D eigenvalue weighted by Gasteiger charge is -2.02. The van der Waals surface area contributed by atoms with E-state index in [9.17, 15) is 9.59 Å². The van der Waals surface area contributed by atoms with Gasteiger partial charge in [0.25, 0.3) is 5.91 Å². The fourth-order valence-corrected chi connectivity index (χ4v) is 2.15. The molecule has 0 aliphatic carbocycles. The van der Waals surface area contributed by atoms with Gasteiger partial charge in [0.15, 0.2) is 16.0 Å². The smallest absolute Gasteiger partial charge is 0.419 e. The van der Waals surface area contributed by atoms with Gasteiger partial charge in [0.2, 0.25) is 0 Å². The van der Waals surface area contributed by atoms with Gasteiger partial charge in [-0.05, 0) is 40.2 Å². The zero-order valence-corrected chi connectivity index (χ0v) is 11.9. The highest BCUT2D eigenvalue weighted by atomic mass is 79.9. The Kier molecular flexibility index (Phi) is 2.98. The molecule has 0 saturated heterocycles. The van der Waals surface area contributed by atoms with Crippen LogP contribution in [0.4, 0.5) is 5.69 Å². The minimum absolute atomic E-state index is 0.187.